The minimum Gasteiger partial charge on any atom is -0.477 e. The first kappa shape index (κ1) is 14.4. The van der Waals surface area contributed by atoms with Crippen LogP contribution in [0.15, 0.2) is 36.4 Å². The van der Waals surface area contributed by atoms with Crippen molar-refractivity contribution in [1.82, 2.24) is 4.98 Å². The summed E-state index contributed by atoms with van der Waals surface area (Å²) in [7, 11) is 0. The molecule has 2 aliphatic rings. The molecule has 1 atom stereocenters. The lowest BCUT2D eigenvalue weighted by Crippen LogP contribution is -2.28. The number of benzene rings is 1. The van der Waals surface area contributed by atoms with Gasteiger partial charge in [-0.05, 0) is 36.5 Å². The van der Waals surface area contributed by atoms with Crippen LogP contribution in [-0.2, 0) is 0 Å². The molecule has 120 valence electrons. The first-order valence-corrected chi connectivity index (χ1v) is 7.90. The van der Waals surface area contributed by atoms with E-state index in [0.29, 0.717) is 41.0 Å². The van der Waals surface area contributed by atoms with E-state index in [9.17, 15) is 8.78 Å². The summed E-state index contributed by atoms with van der Waals surface area (Å²) in [6.07, 6.45) is 2.39. The molecule has 3 nitrogen and oxygen atoms in total. The smallest absolute Gasteiger partial charge is 0.256 e. The average molecular weight is 316 g/mol. The molecule has 23 heavy (non-hydrogen) atoms. The van der Waals surface area contributed by atoms with Crippen LogP contribution in [-0.4, -0.2) is 17.5 Å². The normalized spacial score (nSPS) is 19.5. The van der Waals surface area contributed by atoms with Gasteiger partial charge in [-0.3, -0.25) is 0 Å². The minimum absolute atomic E-state index is 0.462. The predicted octanol–water partition coefficient (Wildman–Crippen LogP) is 4.71. The summed E-state index contributed by atoms with van der Waals surface area (Å²) in [5, 5.41) is 3.16. The van der Waals surface area contributed by atoms with E-state index >= 15 is 0 Å². The number of nitrogens with zero attached hydrogens (tertiary/aromatic N) is 1. The van der Waals surface area contributed by atoms with Crippen LogP contribution >= 0.6 is 0 Å². The molecule has 1 N–H and O–H groups in total. The molecule has 2 aromatic rings. The third-order valence-corrected chi connectivity index (χ3v) is 4.41. The van der Waals surface area contributed by atoms with Gasteiger partial charge in [0.15, 0.2) is 0 Å². The quantitative estimate of drug-likeness (QED) is 0.886. The maximum atomic E-state index is 14.2. The standard InChI is InChI=1S/C18H18F2N2O/c1-18(19,20)16-12-4-2-3-5-14(12)21-17-13(16)8-9-15(22-17)23-10-11-6-7-11/h2-5,8-9,11,16H,6-7,10H2,1H3,(H,21,22). The Morgan fingerprint density at radius 2 is 1.96 bits per heavy atom. The van der Waals surface area contributed by atoms with Crippen LogP contribution in [0.1, 0.15) is 36.8 Å². The monoisotopic (exact) mass is 316 g/mol. The number of aromatic nitrogens is 1. The van der Waals surface area contributed by atoms with Crippen molar-refractivity contribution in [3.63, 3.8) is 0 Å². The highest BCUT2D eigenvalue weighted by Gasteiger charge is 2.42. The van der Waals surface area contributed by atoms with Crippen molar-refractivity contribution in [2.24, 2.45) is 5.92 Å². The second-order valence-corrected chi connectivity index (χ2v) is 6.44. The summed E-state index contributed by atoms with van der Waals surface area (Å²) in [5.74, 6) is -2.30. The molecule has 0 saturated heterocycles. The van der Waals surface area contributed by atoms with Crippen LogP contribution in [0, 0.1) is 5.92 Å². The summed E-state index contributed by atoms with van der Waals surface area (Å²) in [6, 6.07) is 10.5. The fourth-order valence-corrected chi connectivity index (χ4v) is 3.06. The van der Waals surface area contributed by atoms with E-state index in [2.05, 4.69) is 10.3 Å². The molecule has 0 amide bonds. The van der Waals surface area contributed by atoms with E-state index in [4.69, 9.17) is 4.74 Å². The summed E-state index contributed by atoms with van der Waals surface area (Å²) in [4.78, 5) is 4.41. The highest BCUT2D eigenvalue weighted by Crippen LogP contribution is 2.48. The van der Waals surface area contributed by atoms with Crippen LogP contribution in [0.3, 0.4) is 0 Å². The van der Waals surface area contributed by atoms with Crippen molar-refractivity contribution < 1.29 is 13.5 Å². The third-order valence-electron chi connectivity index (χ3n) is 4.41. The van der Waals surface area contributed by atoms with Gasteiger partial charge in [-0.25, -0.2) is 8.78 Å². The number of fused-ring (bicyclic) bond motifs is 2. The van der Waals surface area contributed by atoms with Crippen LogP contribution in [0.2, 0.25) is 0 Å². The SMILES string of the molecule is CC(F)(F)C1c2ccccc2Nc2nc(OCC3CC3)ccc21. The van der Waals surface area contributed by atoms with Crippen LogP contribution in [0.5, 0.6) is 5.88 Å². The molecule has 2 heterocycles. The predicted molar refractivity (Wildman–Crippen MR) is 84.6 cm³/mol. The Bertz CT molecular complexity index is 738. The lowest BCUT2D eigenvalue weighted by Gasteiger charge is -2.32. The summed E-state index contributed by atoms with van der Waals surface area (Å²) < 4.78 is 34.1. The molecule has 5 heteroatoms. The zero-order valence-electron chi connectivity index (χ0n) is 12.9. The third kappa shape index (κ3) is 2.76. The van der Waals surface area contributed by atoms with E-state index in [0.717, 1.165) is 6.92 Å². The number of rotatable bonds is 4. The minimum atomic E-state index is -2.87. The fraction of sp³-hybridized carbons (Fsp3) is 0.389. The molecule has 1 fully saturated rings. The van der Waals surface area contributed by atoms with Crippen molar-refractivity contribution in [3.05, 3.63) is 47.5 Å². The molecule has 1 aliphatic heterocycles. The second-order valence-electron chi connectivity index (χ2n) is 6.44. The number of ether oxygens (including phenoxy) is 1. The van der Waals surface area contributed by atoms with Crippen molar-refractivity contribution in [3.8, 4) is 5.88 Å². The molecule has 0 radical (unpaired) electrons. The van der Waals surface area contributed by atoms with Crippen molar-refractivity contribution >= 4 is 11.5 Å². The van der Waals surface area contributed by atoms with Gasteiger partial charge in [0.05, 0.1) is 12.5 Å². The molecule has 0 spiro atoms. The molecule has 1 aromatic carbocycles. The number of para-hydroxylation sites is 1. The van der Waals surface area contributed by atoms with E-state index in [-0.39, 0.29) is 0 Å². The molecule has 4 rings (SSSR count). The number of hydrogen-bond acceptors (Lipinski definition) is 3. The fourth-order valence-electron chi connectivity index (χ4n) is 3.06. The maximum Gasteiger partial charge on any atom is 0.256 e. The Morgan fingerprint density at radius 1 is 1.17 bits per heavy atom. The first-order chi connectivity index (χ1) is 11.0. The molecule has 1 saturated carbocycles. The highest BCUT2D eigenvalue weighted by molar-refractivity contribution is 5.72. The summed E-state index contributed by atoms with van der Waals surface area (Å²) in [5.41, 5.74) is 1.79. The number of anilines is 2. The van der Waals surface area contributed by atoms with Crippen molar-refractivity contribution in [1.29, 1.82) is 0 Å². The van der Waals surface area contributed by atoms with Crippen LogP contribution in [0.25, 0.3) is 0 Å². The molecule has 0 bridgehead atoms. The summed E-state index contributed by atoms with van der Waals surface area (Å²) in [6.45, 7) is 1.61. The number of nitrogens with one attached hydrogen (secondary N) is 1. The topological polar surface area (TPSA) is 34.2 Å². The van der Waals surface area contributed by atoms with Gasteiger partial charge in [-0.1, -0.05) is 18.2 Å². The maximum absolute atomic E-state index is 14.2. The molecular formula is C18H18F2N2O. The van der Waals surface area contributed by atoms with Gasteiger partial charge < -0.3 is 10.1 Å². The molecule has 1 aromatic heterocycles. The average Bonchev–Trinajstić information content (AvgIpc) is 3.33. The number of alkyl halides is 2. The van der Waals surface area contributed by atoms with Crippen LogP contribution < -0.4 is 10.1 Å². The Balaban J connectivity index is 1.72. The zero-order chi connectivity index (χ0) is 16.0. The second kappa shape index (κ2) is 5.18. The van der Waals surface area contributed by atoms with Gasteiger partial charge in [-0.15, -0.1) is 0 Å². The highest BCUT2D eigenvalue weighted by atomic mass is 19.3. The lowest BCUT2D eigenvalue weighted by molar-refractivity contribution is 0.00445. The Morgan fingerprint density at radius 3 is 2.70 bits per heavy atom. The van der Waals surface area contributed by atoms with E-state index in [1.54, 1.807) is 30.3 Å². The molecular weight excluding hydrogens is 298 g/mol. The van der Waals surface area contributed by atoms with Gasteiger partial charge in [0.1, 0.15) is 5.82 Å². The van der Waals surface area contributed by atoms with E-state index in [1.807, 2.05) is 6.07 Å². The molecule has 1 unspecified atom stereocenters. The van der Waals surface area contributed by atoms with Gasteiger partial charge in [0, 0.05) is 24.2 Å². The number of hydrogen-bond donors (Lipinski definition) is 1. The zero-order valence-corrected chi connectivity index (χ0v) is 12.9. The van der Waals surface area contributed by atoms with Gasteiger partial charge in [0.2, 0.25) is 5.88 Å². The number of pyridine rings is 1. The van der Waals surface area contributed by atoms with Crippen molar-refractivity contribution in [2.75, 3.05) is 11.9 Å². The Hall–Kier alpha value is -2.17. The largest absolute Gasteiger partial charge is 0.477 e. The van der Waals surface area contributed by atoms with Crippen molar-refractivity contribution in [2.45, 2.75) is 31.6 Å². The van der Waals surface area contributed by atoms with Gasteiger partial charge in [-0.2, -0.15) is 4.98 Å². The van der Waals surface area contributed by atoms with Crippen LogP contribution in [0.4, 0.5) is 20.3 Å². The van der Waals surface area contributed by atoms with Gasteiger partial charge in [0.25, 0.3) is 5.92 Å². The van der Waals surface area contributed by atoms with E-state index < -0.39 is 11.8 Å². The first-order valence-electron chi connectivity index (χ1n) is 7.90. The Labute approximate surface area is 133 Å². The Kier molecular flexibility index (Phi) is 3.25. The van der Waals surface area contributed by atoms with E-state index in [1.165, 1.54) is 12.8 Å². The number of halogens is 2. The summed E-state index contributed by atoms with van der Waals surface area (Å²) >= 11 is 0. The lowest BCUT2D eigenvalue weighted by atomic mass is 9.83. The van der Waals surface area contributed by atoms with Gasteiger partial charge >= 0.3 is 0 Å². The molecule has 1 aliphatic carbocycles.